The monoisotopic (exact) mass is 175 g/mol. The molecule has 4 nitrogen and oxygen atoms in total. The van der Waals surface area contributed by atoms with Gasteiger partial charge in [0.25, 0.3) is 0 Å². The van der Waals surface area contributed by atoms with Gasteiger partial charge in [0.1, 0.15) is 17.9 Å². The molecular weight excluding hydrogens is 166 g/mol. The summed E-state index contributed by atoms with van der Waals surface area (Å²) in [4.78, 5) is 9.73. The molecule has 0 spiro atoms. The molecule has 0 bridgehead atoms. The minimum absolute atomic E-state index is 0.334. The van der Waals surface area contributed by atoms with Crippen LogP contribution in [0.25, 0.3) is 0 Å². The van der Waals surface area contributed by atoms with Crippen molar-refractivity contribution in [1.29, 1.82) is 0 Å². The second kappa shape index (κ2) is 3.26. The maximum Gasteiger partial charge on any atom is 0.136 e. The summed E-state index contributed by atoms with van der Waals surface area (Å²) in [7, 11) is 0. The van der Waals surface area contributed by atoms with E-state index in [0.29, 0.717) is 12.3 Å². The average Bonchev–Trinajstić information content (AvgIpc) is 2.19. The lowest BCUT2D eigenvalue weighted by Gasteiger charge is -2.20. The molecule has 0 aromatic carbocycles. The molecule has 1 aromatic rings. The van der Waals surface area contributed by atoms with Crippen LogP contribution in [0.1, 0.15) is 0 Å². The zero-order valence-electron chi connectivity index (χ0n) is 6.96. The van der Waals surface area contributed by atoms with Crippen molar-refractivity contribution in [2.75, 3.05) is 11.4 Å². The van der Waals surface area contributed by atoms with Crippen LogP contribution in [0.2, 0.25) is 0 Å². The number of hydrogen-bond acceptors (Lipinski definition) is 4. The summed E-state index contributed by atoms with van der Waals surface area (Å²) in [6, 6.07) is 1.79. The first-order chi connectivity index (χ1) is 6.36. The van der Waals surface area contributed by atoms with Gasteiger partial charge in [-0.25, -0.2) is 9.97 Å². The molecule has 1 N–H and O–H groups in total. The molecule has 0 unspecified atom stereocenters. The van der Waals surface area contributed by atoms with Crippen LogP contribution < -0.4 is 4.90 Å². The highest BCUT2D eigenvalue weighted by Crippen LogP contribution is 2.13. The van der Waals surface area contributed by atoms with Crippen LogP contribution in [0, 0.1) is 0 Å². The summed E-state index contributed by atoms with van der Waals surface area (Å²) < 4.78 is 0. The van der Waals surface area contributed by atoms with Gasteiger partial charge in [-0.15, -0.1) is 0 Å². The predicted molar refractivity (Wildman–Crippen MR) is 49.2 cm³/mol. The second-order valence-corrected chi connectivity index (χ2v) is 2.70. The topological polar surface area (TPSA) is 49.2 Å². The van der Waals surface area contributed by atoms with Crippen molar-refractivity contribution < 1.29 is 5.11 Å². The van der Waals surface area contributed by atoms with Crippen molar-refractivity contribution in [3.63, 3.8) is 0 Å². The Balaban J connectivity index is 2.21. The molecule has 1 aromatic heterocycles. The molecule has 2 rings (SSSR count). The Hall–Kier alpha value is -1.84. The molecule has 0 saturated carbocycles. The number of allylic oxidation sites excluding steroid dienone is 2. The van der Waals surface area contributed by atoms with Crippen molar-refractivity contribution in [3.8, 4) is 0 Å². The first-order valence-corrected chi connectivity index (χ1v) is 3.95. The molecule has 2 heterocycles. The molecule has 0 atom stereocenters. The largest absolute Gasteiger partial charge is 0.510 e. The highest BCUT2D eigenvalue weighted by Gasteiger charge is 2.08. The van der Waals surface area contributed by atoms with E-state index in [0.717, 1.165) is 5.82 Å². The molecular formula is C9H9N3O. The molecule has 1 aliphatic rings. The fraction of sp³-hybridized carbons (Fsp3) is 0.111. The number of aromatic nitrogens is 2. The Morgan fingerprint density at radius 1 is 1.46 bits per heavy atom. The van der Waals surface area contributed by atoms with Crippen molar-refractivity contribution >= 4 is 5.82 Å². The third kappa shape index (κ3) is 1.66. The van der Waals surface area contributed by atoms with Gasteiger partial charge in [0, 0.05) is 12.4 Å². The van der Waals surface area contributed by atoms with Crippen molar-refractivity contribution in [1.82, 2.24) is 9.97 Å². The predicted octanol–water partition coefficient (Wildman–Crippen LogP) is 1.25. The van der Waals surface area contributed by atoms with Gasteiger partial charge >= 0.3 is 0 Å². The van der Waals surface area contributed by atoms with Gasteiger partial charge < -0.3 is 10.0 Å². The van der Waals surface area contributed by atoms with Gasteiger partial charge in [-0.2, -0.15) is 0 Å². The van der Waals surface area contributed by atoms with Gasteiger partial charge in [0.15, 0.2) is 0 Å². The van der Waals surface area contributed by atoms with E-state index >= 15 is 0 Å². The van der Waals surface area contributed by atoms with Crippen molar-refractivity contribution in [3.05, 3.63) is 42.7 Å². The molecule has 13 heavy (non-hydrogen) atoms. The number of aliphatic hydroxyl groups is 1. The van der Waals surface area contributed by atoms with Gasteiger partial charge in [0.05, 0.1) is 6.54 Å². The summed E-state index contributed by atoms with van der Waals surface area (Å²) in [6.45, 7) is 0.466. The highest BCUT2D eigenvalue weighted by atomic mass is 16.3. The molecule has 1 aliphatic heterocycles. The zero-order valence-corrected chi connectivity index (χ0v) is 6.96. The number of aliphatic hydroxyl groups excluding tert-OH is 1. The SMILES string of the molecule is OC1=CC=CN(c2ccncn2)C1. The van der Waals surface area contributed by atoms with E-state index < -0.39 is 0 Å². The zero-order chi connectivity index (χ0) is 9.10. The van der Waals surface area contributed by atoms with Crippen LogP contribution in [0.3, 0.4) is 0 Å². The molecule has 0 fully saturated rings. The minimum Gasteiger partial charge on any atom is -0.510 e. The van der Waals surface area contributed by atoms with Crippen LogP contribution in [-0.4, -0.2) is 21.6 Å². The van der Waals surface area contributed by atoms with Crippen LogP contribution in [0.4, 0.5) is 5.82 Å². The lowest BCUT2D eigenvalue weighted by molar-refractivity contribution is 0.400. The summed E-state index contributed by atoms with van der Waals surface area (Å²) in [5.74, 6) is 1.12. The fourth-order valence-corrected chi connectivity index (χ4v) is 1.15. The Morgan fingerprint density at radius 2 is 2.38 bits per heavy atom. The van der Waals surface area contributed by atoms with Gasteiger partial charge in [-0.1, -0.05) is 0 Å². The Labute approximate surface area is 75.9 Å². The molecule has 66 valence electrons. The fourth-order valence-electron chi connectivity index (χ4n) is 1.15. The van der Waals surface area contributed by atoms with E-state index in [9.17, 15) is 5.11 Å². The summed E-state index contributed by atoms with van der Waals surface area (Å²) in [6.07, 6.45) is 8.46. The number of hydrogen-bond donors (Lipinski definition) is 1. The Morgan fingerprint density at radius 3 is 3.08 bits per heavy atom. The molecule has 0 saturated heterocycles. The van der Waals surface area contributed by atoms with E-state index in [1.54, 1.807) is 24.4 Å². The van der Waals surface area contributed by atoms with E-state index in [4.69, 9.17) is 0 Å². The number of anilines is 1. The lowest BCUT2D eigenvalue weighted by atomic mass is 10.3. The number of nitrogens with zero attached hydrogens (tertiary/aromatic N) is 3. The van der Waals surface area contributed by atoms with Crippen LogP contribution >= 0.6 is 0 Å². The standard InChI is InChI=1S/C9H9N3O/c13-8-2-1-5-12(6-8)9-3-4-10-7-11-9/h1-5,7,13H,6H2. The van der Waals surface area contributed by atoms with Gasteiger partial charge in [-0.05, 0) is 18.2 Å². The average molecular weight is 175 g/mol. The normalized spacial score (nSPS) is 15.7. The Kier molecular flexibility index (Phi) is 1.96. The second-order valence-electron chi connectivity index (χ2n) is 2.70. The first kappa shape index (κ1) is 7.79. The quantitative estimate of drug-likeness (QED) is 0.697. The van der Waals surface area contributed by atoms with Crippen LogP contribution in [-0.2, 0) is 0 Å². The Bertz CT molecular complexity index is 345. The smallest absolute Gasteiger partial charge is 0.136 e. The summed E-state index contributed by atoms with van der Waals surface area (Å²) >= 11 is 0. The summed E-state index contributed by atoms with van der Waals surface area (Å²) in [5, 5.41) is 9.27. The maximum absolute atomic E-state index is 9.27. The van der Waals surface area contributed by atoms with E-state index in [-0.39, 0.29) is 0 Å². The molecule has 0 radical (unpaired) electrons. The highest BCUT2D eigenvalue weighted by molar-refractivity contribution is 5.44. The first-order valence-electron chi connectivity index (χ1n) is 3.95. The maximum atomic E-state index is 9.27. The lowest BCUT2D eigenvalue weighted by Crippen LogP contribution is -2.22. The molecule has 0 amide bonds. The van der Waals surface area contributed by atoms with Crippen LogP contribution in [0.15, 0.2) is 42.7 Å². The van der Waals surface area contributed by atoms with E-state index in [1.165, 1.54) is 6.33 Å². The molecule has 0 aliphatic carbocycles. The third-order valence-electron chi connectivity index (χ3n) is 1.75. The van der Waals surface area contributed by atoms with E-state index in [1.807, 2.05) is 11.1 Å². The van der Waals surface area contributed by atoms with Crippen molar-refractivity contribution in [2.45, 2.75) is 0 Å². The van der Waals surface area contributed by atoms with Crippen LogP contribution in [0.5, 0.6) is 0 Å². The van der Waals surface area contributed by atoms with Gasteiger partial charge in [-0.3, -0.25) is 0 Å². The third-order valence-corrected chi connectivity index (χ3v) is 1.75. The number of rotatable bonds is 1. The van der Waals surface area contributed by atoms with E-state index in [2.05, 4.69) is 9.97 Å². The summed E-state index contributed by atoms with van der Waals surface area (Å²) in [5.41, 5.74) is 0. The molecule has 4 heteroatoms. The van der Waals surface area contributed by atoms with Gasteiger partial charge in [0.2, 0.25) is 0 Å². The minimum atomic E-state index is 0.334. The van der Waals surface area contributed by atoms with Crippen molar-refractivity contribution in [2.24, 2.45) is 0 Å².